The van der Waals surface area contributed by atoms with Crippen molar-refractivity contribution in [3.63, 3.8) is 0 Å². The van der Waals surface area contributed by atoms with Gasteiger partial charge in [-0.3, -0.25) is 9.59 Å². The summed E-state index contributed by atoms with van der Waals surface area (Å²) in [5.74, 6) is 0.0877. The summed E-state index contributed by atoms with van der Waals surface area (Å²) < 4.78 is 0. The molecule has 4 N–H and O–H groups in total. The third-order valence-corrected chi connectivity index (χ3v) is 7.58. The molecule has 11 heteroatoms. The largest absolute Gasteiger partial charge is 0.384 e. The van der Waals surface area contributed by atoms with Crippen molar-refractivity contribution < 1.29 is 9.59 Å². The molecule has 2 atom stereocenters. The number of hydrogen-bond acceptors (Lipinski definition) is 7. The van der Waals surface area contributed by atoms with Crippen molar-refractivity contribution in [3.8, 4) is 11.3 Å². The van der Waals surface area contributed by atoms with Crippen LogP contribution in [0.4, 0.5) is 11.6 Å². The zero-order valence-electron chi connectivity index (χ0n) is 23.9. The zero-order chi connectivity index (χ0) is 29.7. The van der Waals surface area contributed by atoms with Gasteiger partial charge in [-0.05, 0) is 57.0 Å². The summed E-state index contributed by atoms with van der Waals surface area (Å²) in [7, 11) is 3.78. The first-order chi connectivity index (χ1) is 20.2. The third kappa shape index (κ3) is 7.06. The van der Waals surface area contributed by atoms with Crippen LogP contribution in [0.1, 0.15) is 49.5 Å². The number of amides is 2. The Morgan fingerprint density at radius 3 is 2.79 bits per heavy atom. The molecule has 1 aliphatic carbocycles. The van der Waals surface area contributed by atoms with Gasteiger partial charge in [-0.15, -0.1) is 0 Å². The van der Waals surface area contributed by atoms with Crippen LogP contribution in [0, 0.1) is 0 Å². The molecule has 0 radical (unpaired) electrons. The Kier molecular flexibility index (Phi) is 8.72. The molecule has 1 aromatic carbocycles. The maximum Gasteiger partial charge on any atom is 0.270 e. The number of aromatic amines is 1. The zero-order valence-corrected chi connectivity index (χ0v) is 24.7. The van der Waals surface area contributed by atoms with Crippen molar-refractivity contribution in [3.05, 3.63) is 78.0 Å². The number of rotatable bonds is 9. The summed E-state index contributed by atoms with van der Waals surface area (Å²) >= 11 is 6.51. The molecule has 1 fully saturated rings. The molecular formula is C31H35ClN8O2. The number of hydrogen-bond donors (Lipinski definition) is 4. The number of fused-ring (bicyclic) bond motifs is 1. The fourth-order valence-electron chi connectivity index (χ4n) is 5.32. The van der Waals surface area contributed by atoms with E-state index in [-0.39, 0.29) is 24.3 Å². The van der Waals surface area contributed by atoms with Crippen LogP contribution >= 0.6 is 11.6 Å². The minimum Gasteiger partial charge on any atom is -0.384 e. The Balaban J connectivity index is 1.20. The van der Waals surface area contributed by atoms with E-state index in [0.717, 1.165) is 35.7 Å². The number of nitrogens with one attached hydrogen (secondary N) is 4. The highest BCUT2D eigenvalue weighted by molar-refractivity contribution is 6.33. The van der Waals surface area contributed by atoms with Crippen LogP contribution in [0.3, 0.4) is 0 Å². The molecule has 0 spiro atoms. The average Bonchev–Trinajstić information content (AvgIpc) is 3.38. The van der Waals surface area contributed by atoms with Crippen molar-refractivity contribution in [2.75, 3.05) is 24.7 Å². The highest BCUT2D eigenvalue weighted by Crippen LogP contribution is 2.34. The molecular weight excluding hydrogens is 552 g/mol. The lowest BCUT2D eigenvalue weighted by Crippen LogP contribution is -2.51. The van der Waals surface area contributed by atoms with Crippen LogP contribution < -0.4 is 16.0 Å². The molecule has 3 aromatic heterocycles. The predicted octanol–water partition coefficient (Wildman–Crippen LogP) is 5.62. The van der Waals surface area contributed by atoms with Crippen LogP contribution in [0.5, 0.6) is 0 Å². The molecule has 218 valence electrons. The molecule has 42 heavy (non-hydrogen) atoms. The Hall–Kier alpha value is -4.44. The fourth-order valence-corrected chi connectivity index (χ4v) is 5.51. The second-order valence-corrected chi connectivity index (χ2v) is 11.5. The maximum absolute atomic E-state index is 13.1. The van der Waals surface area contributed by atoms with E-state index < -0.39 is 5.54 Å². The Bertz CT molecular complexity index is 1600. The predicted molar refractivity (Wildman–Crippen MR) is 166 cm³/mol. The number of anilines is 2. The van der Waals surface area contributed by atoms with Gasteiger partial charge in [-0.1, -0.05) is 35.9 Å². The molecule has 5 rings (SSSR count). The number of nitrogens with zero attached hydrogens (tertiary/aromatic N) is 4. The lowest BCUT2D eigenvalue weighted by Gasteiger charge is -2.39. The number of halogens is 1. The van der Waals surface area contributed by atoms with Gasteiger partial charge in [-0.25, -0.2) is 15.0 Å². The number of carbonyl (C=O) groups excluding carboxylic acids is 2. The van der Waals surface area contributed by atoms with Crippen molar-refractivity contribution >= 4 is 46.0 Å². The van der Waals surface area contributed by atoms with Crippen LogP contribution in [-0.2, 0) is 4.79 Å². The van der Waals surface area contributed by atoms with E-state index in [0.29, 0.717) is 34.5 Å². The minimum atomic E-state index is -0.438. The van der Waals surface area contributed by atoms with Crippen LogP contribution in [0.2, 0.25) is 5.02 Å². The molecule has 0 bridgehead atoms. The van der Waals surface area contributed by atoms with E-state index in [9.17, 15) is 9.59 Å². The summed E-state index contributed by atoms with van der Waals surface area (Å²) in [6, 6.07) is 11.4. The van der Waals surface area contributed by atoms with Crippen LogP contribution in [-0.4, -0.2) is 62.3 Å². The van der Waals surface area contributed by atoms with Gasteiger partial charge in [0.25, 0.3) is 5.91 Å². The van der Waals surface area contributed by atoms with E-state index in [2.05, 4.69) is 37.8 Å². The molecule has 0 saturated heterocycles. The molecule has 3 heterocycles. The maximum atomic E-state index is 13.1. The smallest absolute Gasteiger partial charge is 0.270 e. The highest BCUT2D eigenvalue weighted by Gasteiger charge is 2.34. The van der Waals surface area contributed by atoms with E-state index in [1.54, 1.807) is 24.4 Å². The van der Waals surface area contributed by atoms with Gasteiger partial charge in [0.1, 0.15) is 5.69 Å². The number of para-hydroxylation sites is 1. The number of H-pyrrole nitrogens is 1. The quantitative estimate of drug-likeness (QED) is 0.200. The third-order valence-electron chi connectivity index (χ3n) is 7.30. The molecule has 10 nitrogen and oxygen atoms in total. The highest BCUT2D eigenvalue weighted by atomic mass is 35.5. The summed E-state index contributed by atoms with van der Waals surface area (Å²) in [6.07, 6.45) is 12.3. The Labute approximate surface area is 250 Å². The first kappa shape index (κ1) is 29.1. The minimum absolute atomic E-state index is 0.0631. The molecule has 1 saturated carbocycles. The molecule has 0 aliphatic heterocycles. The van der Waals surface area contributed by atoms with Gasteiger partial charge < -0.3 is 25.8 Å². The summed E-state index contributed by atoms with van der Waals surface area (Å²) in [6.45, 7) is 2.05. The molecule has 1 aliphatic rings. The second kappa shape index (κ2) is 12.6. The molecule has 4 aromatic rings. The summed E-state index contributed by atoms with van der Waals surface area (Å²) in [5, 5.41) is 11.0. The second-order valence-electron chi connectivity index (χ2n) is 11.1. The topological polar surface area (TPSA) is 128 Å². The average molecular weight is 587 g/mol. The monoisotopic (exact) mass is 586 g/mol. The van der Waals surface area contributed by atoms with E-state index in [4.69, 9.17) is 16.6 Å². The standard InChI is InChI=1S/C31H35ClN8O2/c1-31(39-29(42)26-13-12-21(17-33-26)36-27(41)11-7-15-40(2)3)14-6-8-20(16-31)37-30-35-19-24(32)28(38-30)23-18-34-25-10-5-4-9-22(23)25/h4-5,7,9-10,12-13,15,17-20,34H,6,8,11,14,16H2,1-3H3,(H,36,41)(H,39,42)(H,35,37,38)/b15-7+/t20-,31+/m1/s1. The van der Waals surface area contributed by atoms with Crippen LogP contribution in [0.15, 0.2) is 67.3 Å². The normalized spacial score (nSPS) is 18.6. The molecule has 2 amide bonds. The Morgan fingerprint density at radius 2 is 2.00 bits per heavy atom. The van der Waals surface area contributed by atoms with E-state index in [1.807, 2.05) is 55.7 Å². The number of carbonyl (C=O) groups is 2. The fraction of sp³-hybridized carbons (Fsp3) is 0.323. The lowest BCUT2D eigenvalue weighted by atomic mass is 9.80. The van der Waals surface area contributed by atoms with Gasteiger partial charge in [0, 0.05) is 54.8 Å². The van der Waals surface area contributed by atoms with E-state index in [1.165, 1.54) is 6.20 Å². The first-order valence-electron chi connectivity index (χ1n) is 14.0. The van der Waals surface area contributed by atoms with Crippen LogP contribution in [0.25, 0.3) is 22.2 Å². The van der Waals surface area contributed by atoms with Crippen molar-refractivity contribution in [1.29, 1.82) is 0 Å². The summed E-state index contributed by atoms with van der Waals surface area (Å²) in [4.78, 5) is 43.8. The van der Waals surface area contributed by atoms with Crippen molar-refractivity contribution in [1.82, 2.24) is 30.2 Å². The van der Waals surface area contributed by atoms with Gasteiger partial charge in [0.05, 0.1) is 28.8 Å². The molecule has 0 unspecified atom stereocenters. The number of aromatic nitrogens is 4. The van der Waals surface area contributed by atoms with Gasteiger partial charge in [0.15, 0.2) is 0 Å². The lowest BCUT2D eigenvalue weighted by molar-refractivity contribution is -0.115. The SMILES string of the molecule is CN(C)/C=C/CC(=O)Nc1ccc(C(=O)N[C@@]2(C)CCC[C@@H](Nc3ncc(Cl)c(-c4c[nH]c5ccccc45)n3)C2)nc1. The van der Waals surface area contributed by atoms with E-state index >= 15 is 0 Å². The Morgan fingerprint density at radius 1 is 1.17 bits per heavy atom. The summed E-state index contributed by atoms with van der Waals surface area (Å²) in [5.41, 5.74) is 2.98. The number of benzene rings is 1. The van der Waals surface area contributed by atoms with Crippen molar-refractivity contribution in [2.45, 2.75) is 50.6 Å². The first-order valence-corrected chi connectivity index (χ1v) is 14.3. The van der Waals surface area contributed by atoms with Gasteiger partial charge >= 0.3 is 0 Å². The number of pyridine rings is 1. The van der Waals surface area contributed by atoms with Crippen molar-refractivity contribution in [2.24, 2.45) is 0 Å². The van der Waals surface area contributed by atoms with Gasteiger partial charge in [-0.2, -0.15) is 0 Å². The van der Waals surface area contributed by atoms with Gasteiger partial charge in [0.2, 0.25) is 11.9 Å².